The number of unbranched alkanes of at least 4 members (excludes halogenated alkanes) is 2. The molecule has 0 heterocycles. The summed E-state index contributed by atoms with van der Waals surface area (Å²) in [6.07, 6.45) is 6.52. The van der Waals surface area contributed by atoms with Gasteiger partial charge in [-0.2, -0.15) is 0 Å². The highest BCUT2D eigenvalue weighted by atomic mass is 19.1. The van der Waals surface area contributed by atoms with Crippen LogP contribution in [0.1, 0.15) is 44.1 Å². The van der Waals surface area contributed by atoms with E-state index in [4.69, 9.17) is 0 Å². The average molecular weight is 206 g/mol. The summed E-state index contributed by atoms with van der Waals surface area (Å²) in [6.45, 7) is 5.85. The molecule has 1 heteroatoms. The number of allylic oxidation sites excluding steroid dienone is 1. The van der Waals surface area contributed by atoms with E-state index < -0.39 is 0 Å². The molecule has 1 unspecified atom stereocenters. The first-order chi connectivity index (χ1) is 7.24. The van der Waals surface area contributed by atoms with Gasteiger partial charge >= 0.3 is 0 Å². The summed E-state index contributed by atoms with van der Waals surface area (Å²) in [6, 6.07) is 6.91. The van der Waals surface area contributed by atoms with Crippen molar-refractivity contribution in [1.82, 2.24) is 0 Å². The maximum absolute atomic E-state index is 13.0. The lowest BCUT2D eigenvalue weighted by atomic mass is 9.95. The van der Waals surface area contributed by atoms with Crippen molar-refractivity contribution in [3.63, 3.8) is 0 Å². The molecular weight excluding hydrogens is 187 g/mol. The molecule has 0 radical (unpaired) electrons. The second-order valence-electron chi connectivity index (χ2n) is 4.03. The number of halogens is 1. The lowest BCUT2D eigenvalue weighted by Crippen LogP contribution is -1.94. The Bertz CT molecular complexity index is 304. The Morgan fingerprint density at radius 3 is 2.87 bits per heavy atom. The lowest BCUT2D eigenvalue weighted by Gasteiger charge is -2.11. The molecule has 82 valence electrons. The first-order valence-electron chi connectivity index (χ1n) is 5.60. The molecule has 1 aromatic carbocycles. The Kier molecular flexibility index (Phi) is 5.09. The van der Waals surface area contributed by atoms with Crippen molar-refractivity contribution in [3.05, 3.63) is 48.3 Å². The van der Waals surface area contributed by atoms with E-state index in [0.29, 0.717) is 5.92 Å². The quantitative estimate of drug-likeness (QED) is 0.468. The Morgan fingerprint density at radius 1 is 1.40 bits per heavy atom. The van der Waals surface area contributed by atoms with E-state index in [0.717, 1.165) is 18.4 Å². The molecule has 0 aliphatic rings. The lowest BCUT2D eigenvalue weighted by molar-refractivity contribution is 0.594. The monoisotopic (exact) mass is 206 g/mol. The van der Waals surface area contributed by atoms with Gasteiger partial charge in [0.05, 0.1) is 0 Å². The molecule has 15 heavy (non-hydrogen) atoms. The summed E-state index contributed by atoms with van der Waals surface area (Å²) < 4.78 is 13.0. The molecule has 1 aromatic rings. The molecule has 0 amide bonds. The number of rotatable bonds is 6. The van der Waals surface area contributed by atoms with Gasteiger partial charge in [-0.3, -0.25) is 0 Å². The fourth-order valence-corrected chi connectivity index (χ4v) is 1.72. The van der Waals surface area contributed by atoms with E-state index in [1.54, 1.807) is 12.1 Å². The van der Waals surface area contributed by atoms with E-state index in [9.17, 15) is 4.39 Å². The summed E-state index contributed by atoms with van der Waals surface area (Å²) in [5.41, 5.74) is 1.11. The predicted molar refractivity (Wildman–Crippen MR) is 63.5 cm³/mol. The largest absolute Gasteiger partial charge is 0.207 e. The van der Waals surface area contributed by atoms with Gasteiger partial charge in [0.1, 0.15) is 5.82 Å². The highest BCUT2D eigenvalue weighted by molar-refractivity contribution is 5.19. The highest BCUT2D eigenvalue weighted by Gasteiger charge is 2.05. The van der Waals surface area contributed by atoms with E-state index in [2.05, 4.69) is 13.5 Å². The van der Waals surface area contributed by atoms with Crippen molar-refractivity contribution in [2.45, 2.75) is 38.5 Å². The van der Waals surface area contributed by atoms with Crippen LogP contribution in [0.5, 0.6) is 0 Å². The van der Waals surface area contributed by atoms with Crippen LogP contribution in [0.3, 0.4) is 0 Å². The van der Waals surface area contributed by atoms with Crippen LogP contribution in [-0.4, -0.2) is 0 Å². The normalized spacial score (nSPS) is 12.4. The van der Waals surface area contributed by atoms with Crippen molar-refractivity contribution in [3.8, 4) is 0 Å². The maximum Gasteiger partial charge on any atom is 0.123 e. The third kappa shape index (κ3) is 4.28. The van der Waals surface area contributed by atoms with Gasteiger partial charge in [0, 0.05) is 0 Å². The van der Waals surface area contributed by atoms with Crippen LogP contribution in [0.25, 0.3) is 0 Å². The molecule has 0 aromatic heterocycles. The van der Waals surface area contributed by atoms with Gasteiger partial charge in [0.15, 0.2) is 0 Å². The minimum Gasteiger partial charge on any atom is -0.207 e. The van der Waals surface area contributed by atoms with Crippen molar-refractivity contribution < 1.29 is 4.39 Å². The minimum absolute atomic E-state index is 0.134. The van der Waals surface area contributed by atoms with Gasteiger partial charge in [-0.1, -0.05) is 31.6 Å². The molecule has 1 atom stereocenters. The summed E-state index contributed by atoms with van der Waals surface area (Å²) in [5.74, 6) is 0.316. The molecule has 1 rings (SSSR count). The number of benzene rings is 1. The van der Waals surface area contributed by atoms with Gasteiger partial charge in [0.2, 0.25) is 0 Å². The zero-order chi connectivity index (χ0) is 11.1. The fourth-order valence-electron chi connectivity index (χ4n) is 1.72. The average Bonchev–Trinajstić information content (AvgIpc) is 2.24. The van der Waals surface area contributed by atoms with Crippen LogP contribution in [0.2, 0.25) is 0 Å². The maximum atomic E-state index is 13.0. The first kappa shape index (κ1) is 12.0. The van der Waals surface area contributed by atoms with Gasteiger partial charge in [-0.15, -0.1) is 6.58 Å². The zero-order valence-electron chi connectivity index (χ0n) is 9.38. The van der Waals surface area contributed by atoms with E-state index in [1.807, 2.05) is 12.1 Å². The second-order valence-corrected chi connectivity index (χ2v) is 4.03. The second kappa shape index (κ2) is 6.39. The summed E-state index contributed by atoms with van der Waals surface area (Å²) in [7, 11) is 0. The highest BCUT2D eigenvalue weighted by Crippen LogP contribution is 2.22. The molecule has 0 bridgehead atoms. The topological polar surface area (TPSA) is 0 Å². The molecule has 0 fully saturated rings. The van der Waals surface area contributed by atoms with Crippen LogP contribution < -0.4 is 0 Å². The molecule has 0 aliphatic heterocycles. The molecule has 0 saturated carbocycles. The van der Waals surface area contributed by atoms with E-state index in [1.165, 1.54) is 18.9 Å². The molecule has 0 nitrogen and oxygen atoms in total. The van der Waals surface area contributed by atoms with Gasteiger partial charge < -0.3 is 0 Å². The number of hydrogen-bond acceptors (Lipinski definition) is 0. The SMILES string of the molecule is C=CCCCCC(C)c1cccc(F)c1. The predicted octanol–water partition coefficient (Wildman–Crippen LogP) is 4.68. The third-order valence-corrected chi connectivity index (χ3v) is 2.71. The molecule has 0 saturated heterocycles. The van der Waals surface area contributed by atoms with Crippen LogP contribution >= 0.6 is 0 Å². The van der Waals surface area contributed by atoms with E-state index >= 15 is 0 Å². The van der Waals surface area contributed by atoms with Crippen LogP contribution in [0.4, 0.5) is 4.39 Å². The van der Waals surface area contributed by atoms with Crippen molar-refractivity contribution in [1.29, 1.82) is 0 Å². The van der Waals surface area contributed by atoms with E-state index in [-0.39, 0.29) is 5.82 Å². The van der Waals surface area contributed by atoms with Gasteiger partial charge in [-0.25, -0.2) is 4.39 Å². The number of hydrogen-bond donors (Lipinski definition) is 0. The smallest absolute Gasteiger partial charge is 0.123 e. The van der Waals surface area contributed by atoms with Gasteiger partial charge in [0.25, 0.3) is 0 Å². The summed E-state index contributed by atoms with van der Waals surface area (Å²) in [4.78, 5) is 0. The zero-order valence-corrected chi connectivity index (χ0v) is 9.38. The summed E-state index contributed by atoms with van der Waals surface area (Å²) >= 11 is 0. The van der Waals surface area contributed by atoms with Crippen LogP contribution in [-0.2, 0) is 0 Å². The Morgan fingerprint density at radius 2 is 2.20 bits per heavy atom. The molecule has 0 spiro atoms. The standard InChI is InChI=1S/C14H19F/c1-3-4-5-6-8-12(2)13-9-7-10-14(15)11-13/h3,7,9-12H,1,4-6,8H2,2H3. The van der Waals surface area contributed by atoms with Crippen LogP contribution in [0.15, 0.2) is 36.9 Å². The first-order valence-corrected chi connectivity index (χ1v) is 5.60. The van der Waals surface area contributed by atoms with Crippen molar-refractivity contribution >= 4 is 0 Å². The van der Waals surface area contributed by atoms with Gasteiger partial charge in [-0.05, 0) is 42.9 Å². The van der Waals surface area contributed by atoms with Crippen LogP contribution in [0, 0.1) is 5.82 Å². The Hall–Kier alpha value is -1.11. The Labute approximate surface area is 91.8 Å². The minimum atomic E-state index is -0.134. The van der Waals surface area contributed by atoms with Crippen molar-refractivity contribution in [2.75, 3.05) is 0 Å². The summed E-state index contributed by atoms with van der Waals surface area (Å²) in [5, 5.41) is 0. The fraction of sp³-hybridized carbons (Fsp3) is 0.429. The third-order valence-electron chi connectivity index (χ3n) is 2.71. The van der Waals surface area contributed by atoms with Crippen molar-refractivity contribution in [2.24, 2.45) is 0 Å². The molecule has 0 aliphatic carbocycles. The Balaban J connectivity index is 2.39. The molecular formula is C14H19F. The molecule has 0 N–H and O–H groups in total.